The highest BCUT2D eigenvalue weighted by molar-refractivity contribution is 6.09. The third-order valence-corrected chi connectivity index (χ3v) is 11.1. The van der Waals surface area contributed by atoms with E-state index in [1.807, 2.05) is 0 Å². The van der Waals surface area contributed by atoms with E-state index in [2.05, 4.69) is 143 Å². The molecular formula is C43H36N4. The van der Waals surface area contributed by atoms with Crippen molar-refractivity contribution < 1.29 is 0 Å². The van der Waals surface area contributed by atoms with Crippen LogP contribution in [0, 0.1) is 11.8 Å². The Bertz CT molecular complexity index is 2200. The smallest absolute Gasteiger partial charge is 0.164 e. The monoisotopic (exact) mass is 608 g/mol. The maximum absolute atomic E-state index is 5.45. The summed E-state index contributed by atoms with van der Waals surface area (Å²) in [5.74, 6) is 3.48. The normalized spacial score (nSPS) is 21.6. The number of fused-ring (bicyclic) bond motifs is 3. The van der Waals surface area contributed by atoms with Crippen LogP contribution in [0.3, 0.4) is 0 Å². The number of aromatic nitrogens is 3. The van der Waals surface area contributed by atoms with E-state index in [9.17, 15) is 0 Å². The van der Waals surface area contributed by atoms with Crippen LogP contribution in [0.1, 0.15) is 32.1 Å². The summed E-state index contributed by atoms with van der Waals surface area (Å²) >= 11 is 0. The van der Waals surface area contributed by atoms with Gasteiger partial charge in [0.05, 0.1) is 16.7 Å². The van der Waals surface area contributed by atoms with E-state index >= 15 is 0 Å². The van der Waals surface area contributed by atoms with Crippen molar-refractivity contribution in [2.24, 2.45) is 11.8 Å². The molecule has 47 heavy (non-hydrogen) atoms. The number of hydrogen-bond donors (Lipinski definition) is 0. The second kappa shape index (κ2) is 10.7. The molecule has 2 aliphatic carbocycles. The van der Waals surface area contributed by atoms with Gasteiger partial charge in [0.25, 0.3) is 0 Å². The highest BCUT2D eigenvalue weighted by Gasteiger charge is 2.47. The van der Waals surface area contributed by atoms with Gasteiger partial charge in [-0.15, -0.1) is 0 Å². The molecule has 0 amide bonds. The van der Waals surface area contributed by atoms with E-state index in [1.54, 1.807) is 0 Å². The van der Waals surface area contributed by atoms with Crippen molar-refractivity contribution in [3.8, 4) is 39.6 Å². The van der Waals surface area contributed by atoms with Gasteiger partial charge in [0, 0.05) is 45.7 Å². The van der Waals surface area contributed by atoms with Gasteiger partial charge in [-0.3, -0.25) is 4.57 Å². The van der Waals surface area contributed by atoms with Crippen molar-refractivity contribution in [1.82, 2.24) is 14.5 Å². The lowest BCUT2D eigenvalue weighted by Crippen LogP contribution is -2.58. The molecule has 4 nitrogen and oxygen atoms in total. The molecule has 7 aromatic rings. The molecule has 4 aliphatic rings. The Labute approximate surface area is 275 Å². The SMILES string of the molecule is c1ccc(-c2cccc(-c3cc(-n4c5ccccc5c5ccccc54)nc(-c4ccccc4N4C5CC6CC(C5)CC4C6)n3)c2)cc1. The molecule has 0 atom stereocenters. The van der Waals surface area contributed by atoms with Gasteiger partial charge in [-0.2, -0.15) is 0 Å². The Morgan fingerprint density at radius 3 is 1.81 bits per heavy atom. The van der Waals surface area contributed by atoms with Gasteiger partial charge in [-0.25, -0.2) is 9.97 Å². The van der Waals surface area contributed by atoms with Gasteiger partial charge < -0.3 is 4.90 Å². The first-order valence-electron chi connectivity index (χ1n) is 17.2. The Balaban J connectivity index is 1.20. The van der Waals surface area contributed by atoms with Gasteiger partial charge in [0.1, 0.15) is 5.82 Å². The Kier molecular flexibility index (Phi) is 6.12. The number of piperidine rings is 2. The molecule has 2 aliphatic heterocycles. The summed E-state index contributed by atoms with van der Waals surface area (Å²) in [6.07, 6.45) is 6.72. The van der Waals surface area contributed by atoms with E-state index in [-0.39, 0.29) is 0 Å². The second-order valence-electron chi connectivity index (χ2n) is 13.9. The molecule has 4 fully saturated rings. The third kappa shape index (κ3) is 4.42. The fraction of sp³-hybridized carbons (Fsp3) is 0.209. The minimum absolute atomic E-state index is 0.620. The molecule has 0 unspecified atom stereocenters. The first kappa shape index (κ1) is 26.9. The summed E-state index contributed by atoms with van der Waals surface area (Å²) < 4.78 is 2.33. The molecule has 5 aromatic carbocycles. The fourth-order valence-electron chi connectivity index (χ4n) is 9.29. The van der Waals surface area contributed by atoms with E-state index < -0.39 is 0 Å². The number of benzene rings is 5. The average molecular weight is 609 g/mol. The van der Waals surface area contributed by atoms with Gasteiger partial charge in [-0.05, 0) is 85.4 Å². The van der Waals surface area contributed by atoms with Crippen molar-refractivity contribution in [2.45, 2.75) is 44.2 Å². The molecule has 2 aromatic heterocycles. The number of nitrogens with zero attached hydrogens (tertiary/aromatic N) is 4. The highest BCUT2D eigenvalue weighted by atomic mass is 15.2. The topological polar surface area (TPSA) is 34.0 Å². The highest BCUT2D eigenvalue weighted by Crippen LogP contribution is 2.52. The van der Waals surface area contributed by atoms with Crippen molar-refractivity contribution in [3.05, 3.63) is 133 Å². The van der Waals surface area contributed by atoms with Gasteiger partial charge in [0.2, 0.25) is 0 Å². The zero-order chi connectivity index (χ0) is 30.9. The zero-order valence-electron chi connectivity index (χ0n) is 26.3. The Morgan fingerprint density at radius 2 is 1.09 bits per heavy atom. The van der Waals surface area contributed by atoms with Crippen molar-refractivity contribution >= 4 is 27.5 Å². The Morgan fingerprint density at radius 1 is 0.489 bits per heavy atom. The van der Waals surface area contributed by atoms with Gasteiger partial charge >= 0.3 is 0 Å². The summed E-state index contributed by atoms with van der Waals surface area (Å²) in [7, 11) is 0. The van der Waals surface area contributed by atoms with Crippen LogP contribution >= 0.6 is 0 Å². The summed E-state index contributed by atoms with van der Waals surface area (Å²) in [6.45, 7) is 0. The maximum Gasteiger partial charge on any atom is 0.164 e. The molecular weight excluding hydrogens is 573 g/mol. The lowest BCUT2D eigenvalue weighted by Gasteiger charge is -2.57. The van der Waals surface area contributed by atoms with Crippen LogP contribution < -0.4 is 4.90 Å². The first-order chi connectivity index (χ1) is 23.3. The summed E-state index contributed by atoms with van der Waals surface area (Å²) in [6, 6.07) is 49.1. The standard InChI is InChI=1S/C43H36N4/c1-2-11-30(12-3-1)31-13-10-14-32(26-31)38-27-42(47-39-18-7-4-15-35(39)36-16-5-8-19-40(36)47)45-43(44-38)37-17-6-9-20-41(37)46-33-22-28-21-29(24-33)25-34(46)23-28/h1-20,26-29,33-34H,21-25H2. The van der Waals surface area contributed by atoms with Crippen LogP contribution in [-0.4, -0.2) is 26.6 Å². The molecule has 0 spiro atoms. The molecule has 2 saturated carbocycles. The van der Waals surface area contributed by atoms with Crippen LogP contribution in [0.15, 0.2) is 133 Å². The quantitative estimate of drug-likeness (QED) is 0.195. The molecule has 2 saturated heterocycles. The average Bonchev–Trinajstić information content (AvgIpc) is 3.46. The molecule has 11 rings (SSSR count). The van der Waals surface area contributed by atoms with Crippen LogP contribution in [0.2, 0.25) is 0 Å². The predicted molar refractivity (Wildman–Crippen MR) is 193 cm³/mol. The second-order valence-corrected chi connectivity index (χ2v) is 13.9. The fourth-order valence-corrected chi connectivity index (χ4v) is 9.29. The molecule has 0 N–H and O–H groups in total. The summed E-state index contributed by atoms with van der Waals surface area (Å²) in [5.41, 5.74) is 9.13. The van der Waals surface area contributed by atoms with E-state index in [4.69, 9.17) is 9.97 Å². The molecule has 4 heteroatoms. The summed E-state index contributed by atoms with van der Waals surface area (Å²) in [4.78, 5) is 13.6. The van der Waals surface area contributed by atoms with E-state index in [0.29, 0.717) is 12.1 Å². The van der Waals surface area contributed by atoms with Crippen LogP contribution in [0.25, 0.3) is 61.4 Å². The molecule has 4 heterocycles. The van der Waals surface area contributed by atoms with Gasteiger partial charge in [0.15, 0.2) is 5.82 Å². The van der Waals surface area contributed by atoms with Gasteiger partial charge in [-0.1, -0.05) is 97.1 Å². The summed E-state index contributed by atoms with van der Waals surface area (Å²) in [5, 5.41) is 2.46. The minimum Gasteiger partial charge on any atom is -0.365 e. The lowest BCUT2D eigenvalue weighted by atomic mass is 9.63. The minimum atomic E-state index is 0.620. The number of rotatable bonds is 5. The van der Waals surface area contributed by atoms with E-state index in [1.165, 1.54) is 59.7 Å². The van der Waals surface area contributed by atoms with Crippen LogP contribution in [0.5, 0.6) is 0 Å². The molecule has 0 radical (unpaired) electrons. The number of hydrogen-bond acceptors (Lipinski definition) is 3. The zero-order valence-corrected chi connectivity index (χ0v) is 26.3. The van der Waals surface area contributed by atoms with Crippen molar-refractivity contribution in [3.63, 3.8) is 0 Å². The molecule has 228 valence electrons. The molecule has 4 bridgehead atoms. The third-order valence-electron chi connectivity index (χ3n) is 11.1. The maximum atomic E-state index is 5.45. The predicted octanol–water partition coefficient (Wildman–Crippen LogP) is 10.3. The Hall–Kier alpha value is -5.22. The lowest BCUT2D eigenvalue weighted by molar-refractivity contribution is 0.0901. The van der Waals surface area contributed by atoms with Crippen LogP contribution in [0.4, 0.5) is 5.69 Å². The largest absolute Gasteiger partial charge is 0.365 e. The first-order valence-corrected chi connectivity index (χ1v) is 17.2. The van der Waals surface area contributed by atoms with E-state index in [0.717, 1.165) is 51.3 Å². The van der Waals surface area contributed by atoms with Crippen molar-refractivity contribution in [2.75, 3.05) is 4.90 Å². The number of anilines is 1. The van der Waals surface area contributed by atoms with Crippen LogP contribution in [-0.2, 0) is 0 Å². The van der Waals surface area contributed by atoms with Crippen molar-refractivity contribution in [1.29, 1.82) is 0 Å². The number of para-hydroxylation sites is 3.